The van der Waals surface area contributed by atoms with Crippen molar-refractivity contribution in [2.75, 3.05) is 6.54 Å². The molecule has 0 aliphatic rings. The van der Waals surface area contributed by atoms with Crippen molar-refractivity contribution in [2.45, 2.75) is 6.10 Å². The van der Waals surface area contributed by atoms with Crippen molar-refractivity contribution >= 4 is 28.5 Å². The molecule has 1 atom stereocenters. The number of aliphatic hydroxyl groups is 1. The minimum absolute atomic E-state index is 0.0319. The first kappa shape index (κ1) is 13.7. The fourth-order valence-corrected chi connectivity index (χ4v) is 2.16. The van der Waals surface area contributed by atoms with Gasteiger partial charge in [0.2, 0.25) is 0 Å². The summed E-state index contributed by atoms with van der Waals surface area (Å²) in [5.74, 6) is 0.151. The Hall–Kier alpha value is -2.24. The summed E-state index contributed by atoms with van der Waals surface area (Å²) in [5.41, 5.74) is 0.580. The van der Waals surface area contributed by atoms with Crippen LogP contribution in [0.2, 0.25) is 5.02 Å². The molecule has 1 aromatic carbocycles. The number of halogens is 1. The van der Waals surface area contributed by atoms with E-state index in [0.29, 0.717) is 16.4 Å². The predicted octanol–water partition coefficient (Wildman–Crippen LogP) is 3.14. The molecular weight excluding hydrogens is 294 g/mol. The summed E-state index contributed by atoms with van der Waals surface area (Å²) < 4.78 is 10.5. The molecule has 3 aromatic rings. The molecule has 2 N–H and O–H groups in total. The quantitative estimate of drug-likeness (QED) is 0.776. The SMILES string of the molecule is O=C(NCC(O)c1ccco1)c1cc2cc(Cl)ccc2o1. The number of furan rings is 2. The number of benzene rings is 1. The van der Waals surface area contributed by atoms with Gasteiger partial charge >= 0.3 is 0 Å². The van der Waals surface area contributed by atoms with Crippen LogP contribution in [-0.2, 0) is 0 Å². The number of amides is 1. The predicted molar refractivity (Wildman–Crippen MR) is 77.2 cm³/mol. The van der Waals surface area contributed by atoms with Crippen LogP contribution in [0.3, 0.4) is 0 Å². The minimum Gasteiger partial charge on any atom is -0.467 e. The first-order chi connectivity index (χ1) is 10.1. The molecular formula is C15H12ClNO4. The first-order valence-corrected chi connectivity index (χ1v) is 6.70. The molecule has 2 aromatic heterocycles. The molecule has 21 heavy (non-hydrogen) atoms. The van der Waals surface area contributed by atoms with Crippen LogP contribution in [0.25, 0.3) is 11.0 Å². The van der Waals surface area contributed by atoms with Gasteiger partial charge in [-0.15, -0.1) is 0 Å². The van der Waals surface area contributed by atoms with E-state index in [0.717, 1.165) is 5.39 Å². The van der Waals surface area contributed by atoms with E-state index in [9.17, 15) is 9.90 Å². The van der Waals surface area contributed by atoms with Crippen LogP contribution < -0.4 is 5.32 Å². The van der Waals surface area contributed by atoms with E-state index >= 15 is 0 Å². The van der Waals surface area contributed by atoms with Crippen molar-refractivity contribution in [1.82, 2.24) is 5.32 Å². The van der Waals surface area contributed by atoms with Crippen LogP contribution in [0.1, 0.15) is 22.4 Å². The maximum Gasteiger partial charge on any atom is 0.287 e. The lowest BCUT2D eigenvalue weighted by atomic mass is 10.2. The van der Waals surface area contributed by atoms with Gasteiger partial charge in [-0.25, -0.2) is 0 Å². The van der Waals surface area contributed by atoms with Crippen LogP contribution in [0.5, 0.6) is 0 Å². The van der Waals surface area contributed by atoms with E-state index in [1.54, 1.807) is 36.4 Å². The lowest BCUT2D eigenvalue weighted by molar-refractivity contribution is 0.0876. The molecule has 0 aliphatic carbocycles. The van der Waals surface area contributed by atoms with Gasteiger partial charge in [-0.2, -0.15) is 0 Å². The second-order valence-electron chi connectivity index (χ2n) is 4.53. The smallest absolute Gasteiger partial charge is 0.287 e. The summed E-state index contributed by atoms with van der Waals surface area (Å²) in [4.78, 5) is 12.0. The van der Waals surface area contributed by atoms with E-state index in [-0.39, 0.29) is 12.3 Å². The van der Waals surface area contributed by atoms with Gasteiger partial charge in [-0.1, -0.05) is 11.6 Å². The topological polar surface area (TPSA) is 75.6 Å². The Morgan fingerprint density at radius 2 is 2.19 bits per heavy atom. The minimum atomic E-state index is -0.900. The Morgan fingerprint density at radius 1 is 1.33 bits per heavy atom. The number of nitrogens with one attached hydrogen (secondary N) is 1. The monoisotopic (exact) mass is 305 g/mol. The highest BCUT2D eigenvalue weighted by atomic mass is 35.5. The van der Waals surface area contributed by atoms with E-state index in [1.165, 1.54) is 6.26 Å². The largest absolute Gasteiger partial charge is 0.467 e. The molecule has 1 unspecified atom stereocenters. The molecule has 0 spiro atoms. The van der Waals surface area contributed by atoms with E-state index in [2.05, 4.69) is 5.32 Å². The fraction of sp³-hybridized carbons (Fsp3) is 0.133. The Kier molecular flexibility index (Phi) is 3.68. The molecule has 0 fully saturated rings. The molecule has 2 heterocycles. The molecule has 0 bridgehead atoms. The summed E-state index contributed by atoms with van der Waals surface area (Å²) in [5, 5.41) is 13.7. The molecule has 0 aliphatic heterocycles. The van der Waals surface area contributed by atoms with E-state index in [4.69, 9.17) is 20.4 Å². The third-order valence-corrected chi connectivity index (χ3v) is 3.26. The van der Waals surface area contributed by atoms with Crippen LogP contribution in [0, 0.1) is 0 Å². The highest BCUT2D eigenvalue weighted by Crippen LogP contribution is 2.23. The number of carbonyl (C=O) groups excluding carboxylic acids is 1. The zero-order chi connectivity index (χ0) is 14.8. The Morgan fingerprint density at radius 3 is 2.95 bits per heavy atom. The maximum atomic E-state index is 12.0. The maximum absolute atomic E-state index is 12.0. The van der Waals surface area contributed by atoms with Gasteiger partial charge in [-0.3, -0.25) is 4.79 Å². The average molecular weight is 306 g/mol. The summed E-state index contributed by atoms with van der Waals surface area (Å²) in [6.45, 7) is 0.0319. The molecule has 0 radical (unpaired) electrons. The molecule has 5 nitrogen and oxygen atoms in total. The molecule has 3 rings (SSSR count). The second kappa shape index (κ2) is 5.63. The summed E-state index contributed by atoms with van der Waals surface area (Å²) in [7, 11) is 0. The third-order valence-electron chi connectivity index (χ3n) is 3.03. The first-order valence-electron chi connectivity index (χ1n) is 6.32. The standard InChI is InChI=1S/C15H12ClNO4/c16-10-3-4-12-9(6-10)7-14(21-12)15(19)17-8-11(18)13-2-1-5-20-13/h1-7,11,18H,8H2,(H,17,19). The molecule has 1 amide bonds. The van der Waals surface area contributed by atoms with Gasteiger partial charge < -0.3 is 19.3 Å². The average Bonchev–Trinajstić information content (AvgIpc) is 3.12. The number of hydrogen-bond acceptors (Lipinski definition) is 4. The lowest BCUT2D eigenvalue weighted by Crippen LogP contribution is -2.27. The van der Waals surface area contributed by atoms with Crippen LogP contribution in [0.15, 0.2) is 51.5 Å². The number of hydrogen-bond donors (Lipinski definition) is 2. The van der Waals surface area contributed by atoms with Gasteiger partial charge in [0.1, 0.15) is 17.4 Å². The number of fused-ring (bicyclic) bond motifs is 1. The van der Waals surface area contributed by atoms with Crippen LogP contribution >= 0.6 is 11.6 Å². The third kappa shape index (κ3) is 2.94. The van der Waals surface area contributed by atoms with Crippen molar-refractivity contribution in [1.29, 1.82) is 0 Å². The Labute approximate surface area is 125 Å². The Bertz CT molecular complexity index is 763. The van der Waals surface area contributed by atoms with Gasteiger partial charge in [0.25, 0.3) is 5.91 Å². The number of aliphatic hydroxyl groups excluding tert-OH is 1. The van der Waals surface area contributed by atoms with Crippen molar-refractivity contribution in [3.8, 4) is 0 Å². The van der Waals surface area contributed by atoms with Crippen molar-refractivity contribution in [2.24, 2.45) is 0 Å². The van der Waals surface area contributed by atoms with Gasteiger partial charge in [0.15, 0.2) is 5.76 Å². The van der Waals surface area contributed by atoms with Crippen molar-refractivity contribution in [3.63, 3.8) is 0 Å². The zero-order valence-corrected chi connectivity index (χ0v) is 11.6. The number of carbonyl (C=O) groups is 1. The molecule has 0 saturated carbocycles. The molecule has 108 valence electrons. The highest BCUT2D eigenvalue weighted by Gasteiger charge is 2.16. The zero-order valence-electron chi connectivity index (χ0n) is 10.9. The summed E-state index contributed by atoms with van der Waals surface area (Å²) in [6.07, 6.45) is 0.561. The van der Waals surface area contributed by atoms with Crippen LogP contribution in [0.4, 0.5) is 0 Å². The van der Waals surface area contributed by atoms with Gasteiger partial charge in [0, 0.05) is 10.4 Å². The van der Waals surface area contributed by atoms with Gasteiger partial charge in [-0.05, 0) is 36.4 Å². The van der Waals surface area contributed by atoms with Crippen molar-refractivity contribution in [3.05, 3.63) is 59.2 Å². The molecule has 0 saturated heterocycles. The summed E-state index contributed by atoms with van der Waals surface area (Å²) in [6, 6.07) is 10.0. The fourth-order valence-electron chi connectivity index (χ4n) is 1.98. The van der Waals surface area contributed by atoms with Crippen molar-refractivity contribution < 1.29 is 18.7 Å². The van der Waals surface area contributed by atoms with E-state index < -0.39 is 12.0 Å². The normalized spacial score (nSPS) is 12.5. The highest BCUT2D eigenvalue weighted by molar-refractivity contribution is 6.31. The Balaban J connectivity index is 1.69. The van der Waals surface area contributed by atoms with E-state index in [1.807, 2.05) is 0 Å². The van der Waals surface area contributed by atoms with Crippen LogP contribution in [-0.4, -0.2) is 17.6 Å². The summed E-state index contributed by atoms with van der Waals surface area (Å²) >= 11 is 5.88. The second-order valence-corrected chi connectivity index (χ2v) is 4.97. The number of rotatable bonds is 4. The van der Waals surface area contributed by atoms with Gasteiger partial charge in [0.05, 0.1) is 12.8 Å². The molecule has 6 heteroatoms. The lowest BCUT2D eigenvalue weighted by Gasteiger charge is -2.08.